The first-order valence-corrected chi connectivity index (χ1v) is 8.62. The summed E-state index contributed by atoms with van der Waals surface area (Å²) in [4.78, 5) is 0. The molecule has 0 aliphatic rings. The van der Waals surface area contributed by atoms with Gasteiger partial charge in [0, 0.05) is 0 Å². The molecule has 0 amide bonds. The maximum absolute atomic E-state index is 10.4. The molecule has 18 heavy (non-hydrogen) atoms. The number of rotatable bonds is 12. The summed E-state index contributed by atoms with van der Waals surface area (Å²) in [6.45, 7) is 2.23. The van der Waals surface area contributed by atoms with Crippen LogP contribution in [-0.2, 0) is 10.1 Å². The van der Waals surface area contributed by atoms with Crippen LogP contribution < -0.4 is 0 Å². The first kappa shape index (κ1) is 21.8. The Balaban J connectivity index is 0. The van der Waals surface area contributed by atoms with E-state index in [9.17, 15) is 8.42 Å². The predicted octanol–water partition coefficient (Wildman–Crippen LogP) is 3.54. The van der Waals surface area contributed by atoms with Crippen molar-refractivity contribution >= 4 is 61.5 Å². The predicted molar refractivity (Wildman–Crippen MR) is 80.0 cm³/mol. The number of hydrogen-bond donors (Lipinski definition) is 1. The molecular weight excluding hydrogens is 275 g/mol. The molecule has 0 saturated heterocycles. The second-order valence-corrected chi connectivity index (χ2v) is 6.39. The zero-order chi connectivity index (χ0) is 13.0. The van der Waals surface area contributed by atoms with E-state index in [0.717, 1.165) is 12.8 Å². The third-order valence-corrected chi connectivity index (χ3v) is 3.81. The van der Waals surface area contributed by atoms with Crippen LogP contribution in [0.5, 0.6) is 0 Å². The van der Waals surface area contributed by atoms with Crippen molar-refractivity contribution in [1.29, 1.82) is 0 Å². The molecule has 0 rings (SSSR count). The first-order valence-electron chi connectivity index (χ1n) is 7.01. The van der Waals surface area contributed by atoms with E-state index in [1.165, 1.54) is 51.4 Å². The quantitative estimate of drug-likeness (QED) is 0.341. The zero-order valence-corrected chi connectivity index (χ0v) is 12.0. The first-order chi connectivity index (χ1) is 8.06. The summed E-state index contributed by atoms with van der Waals surface area (Å²) in [5.74, 6) is -0.0793. The Morgan fingerprint density at radius 3 is 1.39 bits per heavy atom. The molecule has 5 heteroatoms. The fourth-order valence-electron chi connectivity index (χ4n) is 1.95. The SMILES string of the molecule is CCCCCCCCCCCCCS(=O)(=O)O.[KH]. The third kappa shape index (κ3) is 19.9. The molecule has 0 saturated carbocycles. The normalized spacial score (nSPS) is 11.2. The maximum atomic E-state index is 10.4. The van der Waals surface area contributed by atoms with Gasteiger partial charge >= 0.3 is 51.4 Å². The minimum atomic E-state index is -3.73. The Bertz CT molecular complexity index is 253. The van der Waals surface area contributed by atoms with E-state index in [1.54, 1.807) is 0 Å². The van der Waals surface area contributed by atoms with E-state index in [1.807, 2.05) is 0 Å². The molecular formula is C13H29KO3S. The molecule has 0 aromatic heterocycles. The van der Waals surface area contributed by atoms with Crippen LogP contribution in [0.2, 0.25) is 0 Å². The molecule has 1 N–H and O–H groups in total. The Morgan fingerprint density at radius 2 is 1.06 bits per heavy atom. The Hall–Kier alpha value is 1.55. The van der Waals surface area contributed by atoms with Gasteiger partial charge in [-0.05, 0) is 6.42 Å². The average molecular weight is 305 g/mol. The Labute approximate surface area is 156 Å². The average Bonchev–Trinajstić information content (AvgIpc) is 2.24. The van der Waals surface area contributed by atoms with E-state index in [4.69, 9.17) is 4.55 Å². The summed E-state index contributed by atoms with van der Waals surface area (Å²) in [7, 11) is -3.73. The standard InChI is InChI=1S/C13H28O3S.K.H/c1-2-3-4-5-6-7-8-9-10-11-12-13-17(14,15)16;;/h2-13H2,1H3,(H,14,15,16);;. The van der Waals surface area contributed by atoms with Gasteiger partial charge in [0.25, 0.3) is 10.1 Å². The van der Waals surface area contributed by atoms with Crippen LogP contribution in [0.3, 0.4) is 0 Å². The molecule has 3 nitrogen and oxygen atoms in total. The van der Waals surface area contributed by atoms with Gasteiger partial charge in [-0.3, -0.25) is 4.55 Å². The molecule has 0 aromatic rings. The van der Waals surface area contributed by atoms with Crippen LogP contribution in [0.15, 0.2) is 0 Å². The van der Waals surface area contributed by atoms with Gasteiger partial charge in [-0.25, -0.2) is 0 Å². The second kappa shape index (κ2) is 14.9. The van der Waals surface area contributed by atoms with Crippen molar-refractivity contribution < 1.29 is 13.0 Å². The Kier molecular flexibility index (Phi) is 18.1. The second-order valence-electron chi connectivity index (χ2n) is 4.82. The molecule has 106 valence electrons. The van der Waals surface area contributed by atoms with Crippen molar-refractivity contribution in [3.8, 4) is 0 Å². The molecule has 0 aromatic carbocycles. The minimum absolute atomic E-state index is 0. The fraction of sp³-hybridized carbons (Fsp3) is 1.00. The van der Waals surface area contributed by atoms with Crippen LogP contribution >= 0.6 is 0 Å². The topological polar surface area (TPSA) is 54.4 Å². The fourth-order valence-corrected chi connectivity index (χ4v) is 2.52. The summed E-state index contributed by atoms with van der Waals surface area (Å²) >= 11 is 0. The molecule has 0 aliphatic carbocycles. The molecule has 0 aliphatic heterocycles. The van der Waals surface area contributed by atoms with Crippen LogP contribution in [0.4, 0.5) is 0 Å². The van der Waals surface area contributed by atoms with Crippen molar-refractivity contribution in [2.45, 2.75) is 77.6 Å². The van der Waals surface area contributed by atoms with Crippen LogP contribution in [0.25, 0.3) is 0 Å². The summed E-state index contributed by atoms with van der Waals surface area (Å²) in [6.07, 6.45) is 13.1. The van der Waals surface area contributed by atoms with Crippen LogP contribution in [0, 0.1) is 0 Å². The molecule has 0 radical (unpaired) electrons. The van der Waals surface area contributed by atoms with Crippen molar-refractivity contribution in [3.63, 3.8) is 0 Å². The molecule has 0 bridgehead atoms. The monoisotopic (exact) mass is 304 g/mol. The van der Waals surface area contributed by atoms with Gasteiger partial charge < -0.3 is 0 Å². The van der Waals surface area contributed by atoms with Crippen LogP contribution in [0.1, 0.15) is 77.6 Å². The van der Waals surface area contributed by atoms with E-state index in [2.05, 4.69) is 6.92 Å². The summed E-state index contributed by atoms with van der Waals surface area (Å²) in [5.41, 5.74) is 0. The number of hydrogen-bond acceptors (Lipinski definition) is 2. The van der Waals surface area contributed by atoms with Gasteiger partial charge in [0.1, 0.15) is 0 Å². The molecule has 0 atom stereocenters. The third-order valence-electron chi connectivity index (χ3n) is 3.01. The molecule has 0 heterocycles. The molecule has 0 fully saturated rings. The van der Waals surface area contributed by atoms with E-state index < -0.39 is 10.1 Å². The van der Waals surface area contributed by atoms with Gasteiger partial charge in [-0.2, -0.15) is 8.42 Å². The van der Waals surface area contributed by atoms with Gasteiger partial charge in [-0.15, -0.1) is 0 Å². The van der Waals surface area contributed by atoms with Crippen molar-refractivity contribution in [2.24, 2.45) is 0 Å². The zero-order valence-electron chi connectivity index (χ0n) is 11.2. The van der Waals surface area contributed by atoms with E-state index in [-0.39, 0.29) is 57.1 Å². The van der Waals surface area contributed by atoms with E-state index in [0.29, 0.717) is 6.42 Å². The Morgan fingerprint density at radius 1 is 0.722 bits per heavy atom. The van der Waals surface area contributed by atoms with Gasteiger partial charge in [-0.1, -0.05) is 71.1 Å². The van der Waals surface area contributed by atoms with Crippen molar-refractivity contribution in [3.05, 3.63) is 0 Å². The summed E-state index contributed by atoms with van der Waals surface area (Å²) in [5, 5.41) is 0. The van der Waals surface area contributed by atoms with Crippen molar-refractivity contribution in [1.82, 2.24) is 0 Å². The van der Waals surface area contributed by atoms with Crippen molar-refractivity contribution in [2.75, 3.05) is 5.75 Å². The number of unbranched alkanes of at least 4 members (excludes halogenated alkanes) is 10. The van der Waals surface area contributed by atoms with Gasteiger partial charge in [0.05, 0.1) is 5.75 Å². The summed E-state index contributed by atoms with van der Waals surface area (Å²) in [6, 6.07) is 0. The molecule has 0 unspecified atom stereocenters. The van der Waals surface area contributed by atoms with Gasteiger partial charge in [0.2, 0.25) is 0 Å². The summed E-state index contributed by atoms with van der Waals surface area (Å²) < 4.78 is 29.4. The molecule has 0 spiro atoms. The van der Waals surface area contributed by atoms with E-state index >= 15 is 0 Å². The van der Waals surface area contributed by atoms with Crippen LogP contribution in [-0.4, -0.2) is 70.1 Å². The van der Waals surface area contributed by atoms with Gasteiger partial charge in [0.15, 0.2) is 0 Å².